The van der Waals surface area contributed by atoms with Crippen LogP contribution >= 0.6 is 11.8 Å². The van der Waals surface area contributed by atoms with Crippen LogP contribution in [0.4, 0.5) is 5.69 Å². The van der Waals surface area contributed by atoms with Crippen LogP contribution < -0.4 is 9.47 Å². The van der Waals surface area contributed by atoms with Crippen LogP contribution in [0, 0.1) is 42.8 Å². The third kappa shape index (κ3) is 10.8. The predicted octanol–water partition coefficient (Wildman–Crippen LogP) is 9.98. The number of ether oxygens (including phenoxy) is 2. The van der Waals surface area contributed by atoms with Crippen LogP contribution in [0.25, 0.3) is 22.4 Å². The molecule has 3 heterocycles. The fourth-order valence-corrected chi connectivity index (χ4v) is 5.92. The normalized spacial score (nSPS) is 11.0. The molecule has 2 aromatic heterocycles. The Morgan fingerprint density at radius 3 is 2.15 bits per heavy atom. The molecule has 264 valence electrons. The Bertz CT molecular complexity index is 2460. The molecule has 0 saturated carbocycles. The van der Waals surface area contributed by atoms with Crippen LogP contribution in [0.5, 0.6) is 23.0 Å². The molecule has 7 aromatic rings. The van der Waals surface area contributed by atoms with Gasteiger partial charge in [-0.25, -0.2) is 24.2 Å². The minimum Gasteiger partial charge on any atom is -0.669 e. The monoisotopic (exact) mass is 1080 g/mol. The van der Waals surface area contributed by atoms with Gasteiger partial charge in [0.15, 0.2) is 7.05 Å². The second-order valence-corrected chi connectivity index (χ2v) is 12.3. The van der Waals surface area contributed by atoms with Gasteiger partial charge in [-0.3, -0.25) is 11.1 Å². The predicted molar refractivity (Wildman–Crippen MR) is 200 cm³/mol. The molecule has 54 heavy (non-hydrogen) atoms. The van der Waals surface area contributed by atoms with E-state index in [2.05, 4.69) is 65.6 Å². The van der Waals surface area contributed by atoms with Gasteiger partial charge in [-0.2, -0.15) is 36.4 Å². The molecular weight excluding hydrogens is 1050 g/mol. The smallest absolute Gasteiger partial charge is 0.669 e. The standard InChI is InChI=1S/C39H24N3O2S.C6H4N.2Pt/c1-41-20-21-42(28-41)32-11-9-15-35(26-32)44-36-23-31(24-38(27-36)45-37-16-6-3-7-17-37)39-25-30(18-19-40-39)29-10-8-14-34(22-29)43-33-12-4-2-5-13-33;1-2-7-5-3-4-6-7;;/h2-12,14-17,19-21,24-25,27H,1H3;3-6H;;/q-3;-1;+2;+4. The van der Waals surface area contributed by atoms with Crippen molar-refractivity contribution in [1.82, 2.24) is 9.55 Å². The van der Waals surface area contributed by atoms with Gasteiger partial charge in [0.2, 0.25) is 6.20 Å². The molecule has 0 N–H and O–H groups in total. The van der Waals surface area contributed by atoms with E-state index in [0.717, 1.165) is 37.9 Å². The van der Waals surface area contributed by atoms with Gasteiger partial charge in [-0.05, 0) is 24.3 Å². The molecule has 0 bridgehead atoms. The van der Waals surface area contributed by atoms with Gasteiger partial charge in [-0.1, -0.05) is 68.4 Å². The summed E-state index contributed by atoms with van der Waals surface area (Å²) in [7, 11) is 1.93. The fourth-order valence-electron chi connectivity index (χ4n) is 5.01. The molecule has 6 nitrogen and oxygen atoms in total. The van der Waals surface area contributed by atoms with Crippen molar-refractivity contribution in [1.29, 1.82) is 0 Å². The van der Waals surface area contributed by atoms with E-state index in [1.807, 2.05) is 132 Å². The van der Waals surface area contributed by atoms with Gasteiger partial charge in [0.1, 0.15) is 5.69 Å². The van der Waals surface area contributed by atoms with E-state index in [0.29, 0.717) is 23.0 Å². The largest absolute Gasteiger partial charge is 4.00 e. The van der Waals surface area contributed by atoms with Crippen LogP contribution in [0.15, 0.2) is 162 Å². The molecule has 0 amide bonds. The summed E-state index contributed by atoms with van der Waals surface area (Å²) in [6.45, 7) is 0. The molecular formula is C45H28N4O2Pt2S+2. The van der Waals surface area contributed by atoms with E-state index in [9.17, 15) is 0 Å². The summed E-state index contributed by atoms with van der Waals surface area (Å²) in [5.74, 6) is 2.34. The number of hydrogen-bond acceptors (Lipinski definition) is 4. The maximum atomic E-state index is 6.57. The summed E-state index contributed by atoms with van der Waals surface area (Å²) < 4.78 is 17.6. The zero-order chi connectivity index (χ0) is 35.5. The minimum atomic E-state index is 0. The molecule has 8 rings (SSSR count). The Morgan fingerprint density at radius 2 is 1.43 bits per heavy atom. The van der Waals surface area contributed by atoms with E-state index in [-0.39, 0.29) is 42.1 Å². The second-order valence-electron chi connectivity index (χ2n) is 11.2. The maximum absolute atomic E-state index is 6.57. The van der Waals surface area contributed by atoms with Gasteiger partial charge < -0.3 is 25.4 Å². The summed E-state index contributed by atoms with van der Waals surface area (Å²) >= 11 is 1.64. The van der Waals surface area contributed by atoms with Crippen LogP contribution in [-0.4, -0.2) is 31.8 Å². The first kappa shape index (κ1) is 39.7. The van der Waals surface area contributed by atoms with Gasteiger partial charge in [0, 0.05) is 40.3 Å². The molecule has 5 aromatic carbocycles. The average molecular weight is 1080 g/mol. The Kier molecular flexibility index (Phi) is 14.4. The summed E-state index contributed by atoms with van der Waals surface area (Å²) in [6, 6.07) is 60.8. The van der Waals surface area contributed by atoms with Crippen LogP contribution in [0.3, 0.4) is 0 Å². The number of aromatic nitrogens is 2. The molecule has 0 unspecified atom stereocenters. The maximum Gasteiger partial charge on any atom is 4.00 e. The molecule has 0 fully saturated rings. The van der Waals surface area contributed by atoms with Crippen molar-refractivity contribution in [3.05, 3.63) is 189 Å². The Labute approximate surface area is 348 Å². The van der Waals surface area contributed by atoms with Gasteiger partial charge in [0.25, 0.3) is 6.20 Å². The van der Waals surface area contributed by atoms with Crippen molar-refractivity contribution in [2.45, 2.75) is 9.79 Å². The van der Waals surface area contributed by atoms with E-state index >= 15 is 0 Å². The molecule has 1 aliphatic rings. The molecule has 0 aliphatic carbocycles. The third-order valence-corrected chi connectivity index (χ3v) is 8.39. The summed E-state index contributed by atoms with van der Waals surface area (Å²) in [4.78, 5) is 6.76. The fraction of sp³-hybridized carbons (Fsp3) is 0.0222. The quantitative estimate of drug-likeness (QED) is 0.0821. The third-order valence-electron chi connectivity index (χ3n) is 7.41. The second kappa shape index (κ2) is 19.6. The van der Waals surface area contributed by atoms with Crippen molar-refractivity contribution >= 4 is 23.5 Å². The SMILES string of the molecule is C[N+]1=C=[N+](c2[c-]c(Oc3[c-]c(-c4cc(-c5[c-]c(Oc6[c-]cccc6)ccc5)[c-]cn4)cc(Sc4ccccc4)c3)ccc2)C=C1.[C-]#Cn1cccc1.[Pt+2].[Pt+4]. The van der Waals surface area contributed by atoms with E-state index < -0.39 is 0 Å². The number of para-hydroxylation sites is 1. The molecule has 0 atom stereocenters. The van der Waals surface area contributed by atoms with E-state index in [1.165, 1.54) is 0 Å². The van der Waals surface area contributed by atoms with Crippen molar-refractivity contribution < 1.29 is 60.8 Å². The molecule has 0 radical (unpaired) electrons. The van der Waals surface area contributed by atoms with Crippen molar-refractivity contribution in [3.8, 4) is 51.4 Å². The topological polar surface area (TPSA) is 42.3 Å². The number of benzene rings is 5. The molecule has 0 spiro atoms. The average Bonchev–Trinajstić information content (AvgIpc) is 3.89. The van der Waals surface area contributed by atoms with Gasteiger partial charge in [0.05, 0.1) is 0 Å². The van der Waals surface area contributed by atoms with E-state index in [4.69, 9.17) is 15.9 Å². The zero-order valence-corrected chi connectivity index (χ0v) is 33.9. The first-order valence-electron chi connectivity index (χ1n) is 16.2. The van der Waals surface area contributed by atoms with Crippen LogP contribution in [-0.2, 0) is 42.1 Å². The van der Waals surface area contributed by atoms with Gasteiger partial charge >= 0.3 is 48.1 Å². The van der Waals surface area contributed by atoms with Crippen LogP contribution in [0.2, 0.25) is 0 Å². The number of nitrogens with zero attached hydrogens (tertiary/aromatic N) is 4. The minimum absolute atomic E-state index is 0. The molecule has 0 saturated heterocycles. The zero-order valence-electron chi connectivity index (χ0n) is 28.6. The van der Waals surface area contributed by atoms with Crippen LogP contribution in [0.1, 0.15) is 0 Å². The first-order chi connectivity index (χ1) is 25.6. The number of pyridine rings is 1. The van der Waals surface area contributed by atoms with E-state index in [1.54, 1.807) is 34.9 Å². The van der Waals surface area contributed by atoms with Gasteiger partial charge in [-0.15, -0.1) is 47.7 Å². The summed E-state index contributed by atoms with van der Waals surface area (Å²) in [5, 5.41) is 0. The van der Waals surface area contributed by atoms with Crippen molar-refractivity contribution in [3.63, 3.8) is 0 Å². The number of hydrogen-bond donors (Lipinski definition) is 0. The first-order valence-corrected chi connectivity index (χ1v) is 17.0. The van der Waals surface area contributed by atoms with Crippen molar-refractivity contribution in [2.75, 3.05) is 7.05 Å². The Balaban J connectivity index is 0.000000562. The summed E-state index contributed by atoms with van der Waals surface area (Å²) in [6.07, 6.45) is 15.6. The summed E-state index contributed by atoms with van der Waals surface area (Å²) in [5.41, 5.74) is 4.00. The Hall–Kier alpha value is -5.46. The molecule has 1 aliphatic heterocycles. The number of rotatable bonds is 9. The Morgan fingerprint density at radius 1 is 0.704 bits per heavy atom. The van der Waals surface area contributed by atoms with Crippen molar-refractivity contribution in [2.24, 2.45) is 0 Å². The molecule has 9 heteroatoms.